The third-order valence-electron chi connectivity index (χ3n) is 3.50. The van der Waals surface area contributed by atoms with Gasteiger partial charge in [0.1, 0.15) is 5.75 Å². The van der Waals surface area contributed by atoms with Crippen molar-refractivity contribution in [3.05, 3.63) is 54.1 Å². The maximum absolute atomic E-state index is 12.2. The van der Waals surface area contributed by atoms with Gasteiger partial charge >= 0.3 is 0 Å². The molecule has 2 aromatic carbocycles. The maximum atomic E-state index is 12.2. The summed E-state index contributed by atoms with van der Waals surface area (Å²) in [6.07, 6.45) is 0. The van der Waals surface area contributed by atoms with Crippen LogP contribution < -0.4 is 10.1 Å². The molecule has 0 radical (unpaired) electrons. The molecule has 1 atom stereocenters. The number of sulfone groups is 1. The number of hydrogen-bond donors (Lipinski definition) is 1. The largest absolute Gasteiger partial charge is 0.494 e. The molecule has 0 saturated heterocycles. The first kappa shape index (κ1) is 13.9. The van der Waals surface area contributed by atoms with Gasteiger partial charge in [0.05, 0.1) is 23.3 Å². The van der Waals surface area contributed by atoms with E-state index >= 15 is 0 Å². The summed E-state index contributed by atoms with van der Waals surface area (Å²) < 4.78 is 29.8. The van der Waals surface area contributed by atoms with Crippen LogP contribution in [0.1, 0.15) is 18.5 Å². The van der Waals surface area contributed by atoms with Gasteiger partial charge in [-0.15, -0.1) is 0 Å². The summed E-state index contributed by atoms with van der Waals surface area (Å²) in [4.78, 5) is 0.434. The van der Waals surface area contributed by atoms with Crippen LogP contribution in [-0.4, -0.2) is 20.8 Å². The van der Waals surface area contributed by atoms with Crippen LogP contribution in [0.5, 0.6) is 5.75 Å². The van der Waals surface area contributed by atoms with Gasteiger partial charge in [-0.05, 0) is 30.7 Å². The SMILES string of the molecule is CCOc1cccc(NC2CS(=O)(=O)c3ccccc32)c1. The van der Waals surface area contributed by atoms with Crippen molar-refractivity contribution in [2.75, 3.05) is 17.7 Å². The van der Waals surface area contributed by atoms with E-state index in [9.17, 15) is 8.42 Å². The van der Waals surface area contributed by atoms with Crippen LogP contribution in [0, 0.1) is 0 Å². The first-order chi connectivity index (χ1) is 10.1. The van der Waals surface area contributed by atoms with Crippen LogP contribution in [-0.2, 0) is 9.84 Å². The molecule has 0 fully saturated rings. The smallest absolute Gasteiger partial charge is 0.181 e. The van der Waals surface area contributed by atoms with Crippen molar-refractivity contribution in [1.82, 2.24) is 0 Å². The molecule has 0 saturated carbocycles. The molecule has 1 unspecified atom stereocenters. The van der Waals surface area contributed by atoms with Gasteiger partial charge in [-0.1, -0.05) is 24.3 Å². The van der Waals surface area contributed by atoms with Crippen molar-refractivity contribution in [2.45, 2.75) is 17.9 Å². The lowest BCUT2D eigenvalue weighted by Gasteiger charge is -2.15. The van der Waals surface area contributed by atoms with Crippen molar-refractivity contribution >= 4 is 15.5 Å². The minimum atomic E-state index is -3.19. The quantitative estimate of drug-likeness (QED) is 0.943. The summed E-state index contributed by atoms with van der Waals surface area (Å²) in [5, 5.41) is 3.29. The van der Waals surface area contributed by atoms with Crippen molar-refractivity contribution < 1.29 is 13.2 Å². The third-order valence-corrected chi connectivity index (χ3v) is 5.32. The highest BCUT2D eigenvalue weighted by molar-refractivity contribution is 7.91. The molecule has 5 heteroatoms. The maximum Gasteiger partial charge on any atom is 0.181 e. The van der Waals surface area contributed by atoms with Crippen molar-refractivity contribution in [2.24, 2.45) is 0 Å². The van der Waals surface area contributed by atoms with Gasteiger partial charge in [0, 0.05) is 11.8 Å². The van der Waals surface area contributed by atoms with Crippen molar-refractivity contribution in [3.8, 4) is 5.75 Å². The minimum Gasteiger partial charge on any atom is -0.494 e. The molecule has 110 valence electrons. The van der Waals surface area contributed by atoms with Gasteiger partial charge in [0.2, 0.25) is 0 Å². The number of hydrogen-bond acceptors (Lipinski definition) is 4. The lowest BCUT2D eigenvalue weighted by Crippen LogP contribution is -2.12. The highest BCUT2D eigenvalue weighted by atomic mass is 32.2. The number of benzene rings is 2. The molecule has 0 aromatic heterocycles. The monoisotopic (exact) mass is 303 g/mol. The summed E-state index contributed by atoms with van der Waals surface area (Å²) in [5.41, 5.74) is 1.69. The number of ether oxygens (including phenoxy) is 1. The van der Waals surface area contributed by atoms with E-state index in [0.29, 0.717) is 11.5 Å². The molecule has 3 rings (SSSR count). The predicted molar refractivity (Wildman–Crippen MR) is 82.5 cm³/mol. The first-order valence-electron chi connectivity index (χ1n) is 6.91. The van der Waals surface area contributed by atoms with Gasteiger partial charge in [-0.3, -0.25) is 0 Å². The average Bonchev–Trinajstić information content (AvgIpc) is 2.72. The van der Waals surface area contributed by atoms with Gasteiger partial charge in [-0.25, -0.2) is 8.42 Å². The summed E-state index contributed by atoms with van der Waals surface area (Å²) in [5.74, 6) is 0.863. The Bertz CT molecular complexity index is 756. The second kappa shape index (κ2) is 5.41. The molecule has 0 spiro atoms. The van der Waals surface area contributed by atoms with Crippen LogP contribution in [0.2, 0.25) is 0 Å². The molecule has 1 heterocycles. The van der Waals surface area contributed by atoms with E-state index in [2.05, 4.69) is 5.32 Å². The zero-order valence-corrected chi connectivity index (χ0v) is 12.6. The third kappa shape index (κ3) is 2.74. The predicted octanol–water partition coefficient (Wildman–Crippen LogP) is 3.03. The number of fused-ring (bicyclic) bond motifs is 1. The zero-order chi connectivity index (χ0) is 14.9. The van der Waals surface area contributed by atoms with Gasteiger partial charge in [-0.2, -0.15) is 0 Å². The summed E-state index contributed by atoms with van der Waals surface area (Å²) in [6.45, 7) is 2.53. The molecule has 1 aliphatic rings. The Morgan fingerprint density at radius 2 is 2.00 bits per heavy atom. The lowest BCUT2D eigenvalue weighted by atomic mass is 10.1. The summed E-state index contributed by atoms with van der Waals surface area (Å²) in [6, 6.07) is 14.5. The van der Waals surface area contributed by atoms with E-state index in [1.165, 1.54) is 0 Å². The van der Waals surface area contributed by atoms with Crippen LogP contribution in [0.4, 0.5) is 5.69 Å². The van der Waals surface area contributed by atoms with E-state index < -0.39 is 9.84 Å². The van der Waals surface area contributed by atoms with Gasteiger partial charge in [0.15, 0.2) is 9.84 Å². The Morgan fingerprint density at radius 3 is 2.81 bits per heavy atom. The highest BCUT2D eigenvalue weighted by Gasteiger charge is 2.34. The standard InChI is InChI=1S/C16H17NO3S/c1-2-20-13-7-5-6-12(10-13)17-15-11-21(18,19)16-9-4-3-8-14(15)16/h3-10,15,17H,2,11H2,1H3. The molecule has 0 aliphatic carbocycles. The Kier molecular flexibility index (Phi) is 3.59. The Hall–Kier alpha value is -2.01. The van der Waals surface area contributed by atoms with Crippen molar-refractivity contribution in [1.29, 1.82) is 0 Å². The lowest BCUT2D eigenvalue weighted by molar-refractivity contribution is 0.340. The van der Waals surface area contributed by atoms with Gasteiger partial charge < -0.3 is 10.1 Å². The Morgan fingerprint density at radius 1 is 1.19 bits per heavy atom. The summed E-state index contributed by atoms with van der Waals surface area (Å²) in [7, 11) is -3.19. The van der Waals surface area contributed by atoms with Crippen LogP contribution in [0.3, 0.4) is 0 Å². The number of nitrogens with one attached hydrogen (secondary N) is 1. The van der Waals surface area contributed by atoms with Gasteiger partial charge in [0.25, 0.3) is 0 Å². The Balaban J connectivity index is 1.88. The molecule has 21 heavy (non-hydrogen) atoms. The molecule has 2 aromatic rings. The van der Waals surface area contributed by atoms with E-state index in [0.717, 1.165) is 17.0 Å². The summed E-state index contributed by atoms with van der Waals surface area (Å²) >= 11 is 0. The fourth-order valence-corrected chi connectivity index (χ4v) is 4.35. The average molecular weight is 303 g/mol. The highest BCUT2D eigenvalue weighted by Crippen LogP contribution is 2.35. The normalized spacial score (nSPS) is 19.0. The molecular formula is C16H17NO3S. The second-order valence-corrected chi connectivity index (χ2v) is 6.98. The fraction of sp³-hybridized carbons (Fsp3) is 0.250. The van der Waals surface area contributed by atoms with Crippen LogP contribution in [0.25, 0.3) is 0 Å². The molecule has 0 amide bonds. The minimum absolute atomic E-state index is 0.0885. The van der Waals surface area contributed by atoms with E-state index in [4.69, 9.17) is 4.74 Å². The van der Waals surface area contributed by atoms with E-state index in [1.807, 2.05) is 43.3 Å². The van der Waals surface area contributed by atoms with E-state index in [-0.39, 0.29) is 11.8 Å². The molecule has 1 N–H and O–H groups in total. The fourth-order valence-electron chi connectivity index (χ4n) is 2.61. The number of anilines is 1. The van der Waals surface area contributed by atoms with E-state index in [1.54, 1.807) is 12.1 Å². The zero-order valence-electron chi connectivity index (χ0n) is 11.7. The topological polar surface area (TPSA) is 55.4 Å². The van der Waals surface area contributed by atoms with Crippen LogP contribution >= 0.6 is 0 Å². The molecular weight excluding hydrogens is 286 g/mol. The van der Waals surface area contributed by atoms with Crippen LogP contribution in [0.15, 0.2) is 53.4 Å². The second-order valence-electron chi connectivity index (χ2n) is 4.98. The molecule has 0 bridgehead atoms. The number of rotatable bonds is 4. The molecule has 1 aliphatic heterocycles. The Labute approximate surface area is 124 Å². The van der Waals surface area contributed by atoms with Crippen molar-refractivity contribution in [3.63, 3.8) is 0 Å². The first-order valence-corrected chi connectivity index (χ1v) is 8.56. The molecule has 4 nitrogen and oxygen atoms in total.